The van der Waals surface area contributed by atoms with E-state index in [0.717, 1.165) is 39.1 Å². The number of hydrogen-bond acceptors (Lipinski definition) is 4. The molecular formula is C15H26N2O3. The van der Waals surface area contributed by atoms with Gasteiger partial charge in [-0.3, -0.25) is 14.5 Å². The van der Waals surface area contributed by atoms with Crippen molar-refractivity contribution in [3.63, 3.8) is 0 Å². The highest BCUT2D eigenvalue weighted by molar-refractivity contribution is 5.79. The Morgan fingerprint density at radius 1 is 1.15 bits per heavy atom. The van der Waals surface area contributed by atoms with Gasteiger partial charge in [0.2, 0.25) is 5.91 Å². The van der Waals surface area contributed by atoms with E-state index < -0.39 is 0 Å². The first-order valence-corrected chi connectivity index (χ1v) is 7.69. The van der Waals surface area contributed by atoms with Gasteiger partial charge >= 0.3 is 5.97 Å². The molecule has 1 amide bonds. The van der Waals surface area contributed by atoms with Crippen LogP contribution in [0.3, 0.4) is 0 Å². The second-order valence-corrected chi connectivity index (χ2v) is 6.01. The van der Waals surface area contributed by atoms with Gasteiger partial charge in [0.05, 0.1) is 13.5 Å². The Morgan fingerprint density at radius 3 is 2.40 bits per heavy atom. The molecule has 0 aromatic rings. The van der Waals surface area contributed by atoms with Crippen molar-refractivity contribution in [2.24, 2.45) is 11.8 Å². The Hall–Kier alpha value is -1.10. The molecular weight excluding hydrogens is 256 g/mol. The van der Waals surface area contributed by atoms with Crippen LogP contribution in [0, 0.1) is 11.8 Å². The average Bonchev–Trinajstić information content (AvgIpc) is 2.90. The maximum absolute atomic E-state index is 12.5. The second kappa shape index (κ2) is 7.07. The van der Waals surface area contributed by atoms with Gasteiger partial charge in [0.25, 0.3) is 0 Å². The first-order valence-electron chi connectivity index (χ1n) is 7.69. The number of methoxy groups -OCH3 is 1. The lowest BCUT2D eigenvalue weighted by molar-refractivity contribution is -0.142. The molecule has 5 heteroatoms. The van der Waals surface area contributed by atoms with Crippen molar-refractivity contribution in [3.05, 3.63) is 0 Å². The molecule has 114 valence electrons. The minimum absolute atomic E-state index is 0.164. The number of carbonyl (C=O) groups is 2. The lowest BCUT2D eigenvalue weighted by atomic mass is 9.96. The minimum Gasteiger partial charge on any atom is -0.469 e. The predicted octanol–water partition coefficient (Wildman–Crippen LogP) is 1.13. The third-order valence-corrected chi connectivity index (χ3v) is 4.72. The summed E-state index contributed by atoms with van der Waals surface area (Å²) in [5, 5.41) is 0. The highest BCUT2D eigenvalue weighted by Crippen LogP contribution is 2.32. The molecule has 1 saturated carbocycles. The molecule has 2 aliphatic rings. The van der Waals surface area contributed by atoms with E-state index in [9.17, 15) is 9.59 Å². The van der Waals surface area contributed by atoms with E-state index in [1.807, 2.05) is 4.90 Å². The first kappa shape index (κ1) is 15.3. The van der Waals surface area contributed by atoms with Gasteiger partial charge < -0.3 is 9.64 Å². The van der Waals surface area contributed by atoms with Crippen LogP contribution >= 0.6 is 0 Å². The Labute approximate surface area is 121 Å². The quantitative estimate of drug-likeness (QED) is 0.725. The van der Waals surface area contributed by atoms with Crippen LogP contribution in [0.4, 0.5) is 0 Å². The van der Waals surface area contributed by atoms with Crippen LogP contribution < -0.4 is 0 Å². The third kappa shape index (κ3) is 3.72. The Morgan fingerprint density at radius 2 is 1.85 bits per heavy atom. The fourth-order valence-electron chi connectivity index (χ4n) is 3.29. The number of rotatable bonds is 4. The van der Waals surface area contributed by atoms with E-state index >= 15 is 0 Å². The molecule has 1 saturated heterocycles. The zero-order valence-electron chi connectivity index (χ0n) is 12.6. The smallest absolute Gasteiger partial charge is 0.306 e. The summed E-state index contributed by atoms with van der Waals surface area (Å²) in [4.78, 5) is 27.8. The van der Waals surface area contributed by atoms with E-state index in [1.54, 1.807) is 0 Å². The van der Waals surface area contributed by atoms with Gasteiger partial charge in [-0.25, -0.2) is 0 Å². The van der Waals surface area contributed by atoms with Crippen LogP contribution in [0.15, 0.2) is 0 Å². The van der Waals surface area contributed by atoms with Crippen molar-refractivity contribution >= 4 is 11.9 Å². The summed E-state index contributed by atoms with van der Waals surface area (Å²) in [6, 6.07) is 0. The lowest BCUT2D eigenvalue weighted by Gasteiger charge is -2.36. The first-order chi connectivity index (χ1) is 9.61. The summed E-state index contributed by atoms with van der Waals surface area (Å²) in [6.45, 7) is 6.25. The fraction of sp³-hybridized carbons (Fsp3) is 0.867. The number of piperazine rings is 1. The molecule has 0 bridgehead atoms. The van der Waals surface area contributed by atoms with E-state index in [2.05, 4.69) is 16.6 Å². The van der Waals surface area contributed by atoms with Crippen LogP contribution in [0.1, 0.15) is 32.6 Å². The summed E-state index contributed by atoms with van der Waals surface area (Å²) in [5.41, 5.74) is 0. The monoisotopic (exact) mass is 282 g/mol. The van der Waals surface area contributed by atoms with Crippen molar-refractivity contribution < 1.29 is 14.3 Å². The van der Waals surface area contributed by atoms with E-state index in [0.29, 0.717) is 18.2 Å². The third-order valence-electron chi connectivity index (χ3n) is 4.72. The SMILES string of the molecule is COC(=O)CCN1CCN(C(=O)C2CCCC2C)CC1. The topological polar surface area (TPSA) is 49.9 Å². The number of carbonyl (C=O) groups excluding carboxylic acids is 2. The summed E-state index contributed by atoms with van der Waals surface area (Å²) in [5.74, 6) is 0.974. The van der Waals surface area contributed by atoms with Gasteiger partial charge in [-0.05, 0) is 18.8 Å². The van der Waals surface area contributed by atoms with Gasteiger partial charge in [0, 0.05) is 38.6 Å². The highest BCUT2D eigenvalue weighted by Gasteiger charge is 2.33. The lowest BCUT2D eigenvalue weighted by Crippen LogP contribution is -2.50. The minimum atomic E-state index is -0.164. The Bertz CT molecular complexity index is 351. The molecule has 2 unspecified atom stereocenters. The van der Waals surface area contributed by atoms with Gasteiger partial charge in [0.1, 0.15) is 0 Å². The summed E-state index contributed by atoms with van der Waals surface area (Å²) < 4.78 is 4.65. The van der Waals surface area contributed by atoms with Gasteiger partial charge in [-0.2, -0.15) is 0 Å². The molecule has 5 nitrogen and oxygen atoms in total. The van der Waals surface area contributed by atoms with Crippen molar-refractivity contribution in [2.75, 3.05) is 39.8 Å². The number of hydrogen-bond donors (Lipinski definition) is 0. The molecule has 2 rings (SSSR count). The van der Waals surface area contributed by atoms with Crippen molar-refractivity contribution in [2.45, 2.75) is 32.6 Å². The Kier molecular flexibility index (Phi) is 5.40. The standard InChI is InChI=1S/C15H26N2O3/c1-12-4-3-5-13(12)15(19)17-10-8-16(9-11-17)7-6-14(18)20-2/h12-13H,3-11H2,1-2H3. The van der Waals surface area contributed by atoms with E-state index in [-0.39, 0.29) is 11.9 Å². The molecule has 0 aromatic carbocycles. The average molecular weight is 282 g/mol. The maximum atomic E-state index is 12.5. The summed E-state index contributed by atoms with van der Waals surface area (Å²) in [6.07, 6.45) is 3.87. The van der Waals surface area contributed by atoms with Crippen LogP contribution in [0.2, 0.25) is 0 Å². The molecule has 1 aliphatic heterocycles. The normalized spacial score (nSPS) is 27.6. The summed E-state index contributed by atoms with van der Waals surface area (Å²) >= 11 is 0. The molecule has 2 atom stereocenters. The second-order valence-electron chi connectivity index (χ2n) is 6.01. The molecule has 1 aliphatic carbocycles. The largest absolute Gasteiger partial charge is 0.469 e. The number of nitrogens with zero attached hydrogens (tertiary/aromatic N) is 2. The molecule has 2 fully saturated rings. The highest BCUT2D eigenvalue weighted by atomic mass is 16.5. The number of esters is 1. The van der Waals surface area contributed by atoms with E-state index in [1.165, 1.54) is 20.0 Å². The summed E-state index contributed by atoms with van der Waals surface area (Å²) in [7, 11) is 1.42. The van der Waals surface area contributed by atoms with Gasteiger partial charge in [-0.1, -0.05) is 13.3 Å². The van der Waals surface area contributed by atoms with Gasteiger partial charge in [0.15, 0.2) is 0 Å². The zero-order valence-corrected chi connectivity index (χ0v) is 12.6. The number of ether oxygens (including phenoxy) is 1. The molecule has 0 N–H and O–H groups in total. The molecule has 20 heavy (non-hydrogen) atoms. The van der Waals surface area contributed by atoms with Crippen molar-refractivity contribution in [1.82, 2.24) is 9.80 Å². The van der Waals surface area contributed by atoms with Crippen LogP contribution in [-0.2, 0) is 14.3 Å². The maximum Gasteiger partial charge on any atom is 0.306 e. The van der Waals surface area contributed by atoms with E-state index in [4.69, 9.17) is 0 Å². The fourth-order valence-corrected chi connectivity index (χ4v) is 3.29. The van der Waals surface area contributed by atoms with Crippen LogP contribution in [-0.4, -0.2) is 61.5 Å². The van der Waals surface area contributed by atoms with Crippen LogP contribution in [0.25, 0.3) is 0 Å². The van der Waals surface area contributed by atoms with Crippen molar-refractivity contribution in [3.8, 4) is 0 Å². The number of amides is 1. The zero-order chi connectivity index (χ0) is 14.5. The molecule has 0 spiro atoms. The molecule has 0 aromatic heterocycles. The van der Waals surface area contributed by atoms with Gasteiger partial charge in [-0.15, -0.1) is 0 Å². The molecule has 1 heterocycles. The predicted molar refractivity (Wildman–Crippen MR) is 76.2 cm³/mol. The molecule has 0 radical (unpaired) electrons. The van der Waals surface area contributed by atoms with Crippen molar-refractivity contribution in [1.29, 1.82) is 0 Å². The van der Waals surface area contributed by atoms with Crippen LogP contribution in [0.5, 0.6) is 0 Å². The Balaban J connectivity index is 1.73.